The van der Waals surface area contributed by atoms with E-state index in [1.54, 1.807) is 6.21 Å². The Bertz CT molecular complexity index is 832. The molecule has 0 bridgehead atoms. The van der Waals surface area contributed by atoms with Gasteiger partial charge in [-0.3, -0.25) is 4.99 Å². The number of aliphatic imine (C=N–C) groups is 1. The van der Waals surface area contributed by atoms with Crippen molar-refractivity contribution in [3.63, 3.8) is 0 Å². The first-order valence-corrected chi connectivity index (χ1v) is 8.64. The normalized spacial score (nSPS) is 10.9. The summed E-state index contributed by atoms with van der Waals surface area (Å²) in [5, 5.41) is 0.653. The molecule has 120 valence electrons. The number of para-hydroxylation sites is 1. The fraction of sp³-hybridized carbons (Fsp3) is 0.0500. The summed E-state index contributed by atoms with van der Waals surface area (Å²) in [5.41, 5.74) is 2.83. The molecule has 0 unspecified atom stereocenters. The SMILES string of the molecule is Clc1ccc(OCc2ccc(Br)cc2)c(C=Nc2ccccc2)c1. The Morgan fingerprint density at radius 3 is 2.46 bits per heavy atom. The van der Waals surface area contributed by atoms with Crippen LogP contribution in [0.5, 0.6) is 5.75 Å². The molecule has 4 heteroatoms. The standard InChI is InChI=1S/C20H15BrClNO/c21-17-8-6-15(7-9-17)14-24-20-11-10-18(22)12-16(20)13-23-19-4-2-1-3-5-19/h1-13H,14H2. The van der Waals surface area contributed by atoms with Crippen LogP contribution in [0.4, 0.5) is 5.69 Å². The fourth-order valence-corrected chi connectivity index (χ4v) is 2.60. The average Bonchev–Trinajstić information content (AvgIpc) is 2.61. The molecule has 0 radical (unpaired) electrons. The molecular formula is C20H15BrClNO. The van der Waals surface area contributed by atoms with Crippen LogP contribution in [0.25, 0.3) is 0 Å². The highest BCUT2D eigenvalue weighted by Gasteiger charge is 2.04. The summed E-state index contributed by atoms with van der Waals surface area (Å²) in [5.74, 6) is 0.752. The number of ether oxygens (including phenoxy) is 1. The molecule has 2 nitrogen and oxygen atoms in total. The molecule has 0 saturated carbocycles. The molecule has 0 aliphatic carbocycles. The van der Waals surface area contributed by atoms with Gasteiger partial charge >= 0.3 is 0 Å². The molecule has 3 aromatic rings. The molecular weight excluding hydrogens is 386 g/mol. The van der Waals surface area contributed by atoms with Gasteiger partial charge < -0.3 is 4.74 Å². The summed E-state index contributed by atoms with van der Waals surface area (Å²) < 4.78 is 6.99. The summed E-state index contributed by atoms with van der Waals surface area (Å²) in [6.07, 6.45) is 1.78. The second-order valence-electron chi connectivity index (χ2n) is 5.19. The largest absolute Gasteiger partial charge is 0.488 e. The lowest BCUT2D eigenvalue weighted by Gasteiger charge is -2.10. The minimum absolute atomic E-state index is 0.487. The van der Waals surface area contributed by atoms with Crippen LogP contribution < -0.4 is 4.74 Å². The first-order valence-electron chi connectivity index (χ1n) is 7.46. The lowest BCUT2D eigenvalue weighted by Crippen LogP contribution is -1.98. The molecule has 0 aliphatic rings. The molecule has 0 N–H and O–H groups in total. The topological polar surface area (TPSA) is 21.6 Å². The highest BCUT2D eigenvalue weighted by atomic mass is 79.9. The Morgan fingerprint density at radius 2 is 1.71 bits per heavy atom. The molecule has 0 spiro atoms. The highest BCUT2D eigenvalue weighted by molar-refractivity contribution is 9.10. The van der Waals surface area contributed by atoms with Gasteiger partial charge in [0, 0.05) is 21.3 Å². The maximum Gasteiger partial charge on any atom is 0.128 e. The van der Waals surface area contributed by atoms with E-state index in [0.717, 1.165) is 27.0 Å². The Labute approximate surface area is 154 Å². The monoisotopic (exact) mass is 399 g/mol. The number of hydrogen-bond acceptors (Lipinski definition) is 2. The first kappa shape index (κ1) is 16.7. The summed E-state index contributed by atoms with van der Waals surface area (Å²) in [4.78, 5) is 4.48. The molecule has 0 saturated heterocycles. The lowest BCUT2D eigenvalue weighted by atomic mass is 10.2. The Balaban J connectivity index is 1.77. The third-order valence-corrected chi connectivity index (χ3v) is 4.15. The second-order valence-corrected chi connectivity index (χ2v) is 6.54. The van der Waals surface area contributed by atoms with E-state index >= 15 is 0 Å². The van der Waals surface area contributed by atoms with Crippen molar-refractivity contribution in [2.75, 3.05) is 0 Å². The fourth-order valence-electron chi connectivity index (χ4n) is 2.15. The van der Waals surface area contributed by atoms with Crippen molar-refractivity contribution >= 4 is 39.4 Å². The second kappa shape index (κ2) is 8.13. The number of hydrogen-bond donors (Lipinski definition) is 0. The van der Waals surface area contributed by atoms with Crippen LogP contribution in [-0.4, -0.2) is 6.21 Å². The Morgan fingerprint density at radius 1 is 0.958 bits per heavy atom. The van der Waals surface area contributed by atoms with Gasteiger partial charge in [0.2, 0.25) is 0 Å². The number of rotatable bonds is 5. The van der Waals surface area contributed by atoms with Gasteiger partial charge in [0.1, 0.15) is 12.4 Å². The smallest absolute Gasteiger partial charge is 0.128 e. The van der Waals surface area contributed by atoms with Gasteiger partial charge in [0.05, 0.1) is 5.69 Å². The predicted molar refractivity (Wildman–Crippen MR) is 104 cm³/mol. The molecule has 24 heavy (non-hydrogen) atoms. The van der Waals surface area contributed by atoms with Crippen LogP contribution in [0.2, 0.25) is 5.02 Å². The molecule has 0 atom stereocenters. The van der Waals surface area contributed by atoms with Crippen LogP contribution in [0.15, 0.2) is 82.3 Å². The molecule has 0 amide bonds. The van der Waals surface area contributed by atoms with Crippen LogP contribution in [0.3, 0.4) is 0 Å². The third-order valence-electron chi connectivity index (χ3n) is 3.39. The van der Waals surface area contributed by atoms with Crippen LogP contribution in [0, 0.1) is 0 Å². The molecule has 0 heterocycles. The molecule has 0 fully saturated rings. The lowest BCUT2D eigenvalue weighted by molar-refractivity contribution is 0.306. The summed E-state index contributed by atoms with van der Waals surface area (Å²) in [6.45, 7) is 0.487. The van der Waals surface area contributed by atoms with E-state index in [-0.39, 0.29) is 0 Å². The predicted octanol–water partition coefficient (Wildman–Crippen LogP) is 6.43. The van der Waals surface area contributed by atoms with Crippen LogP contribution >= 0.6 is 27.5 Å². The summed E-state index contributed by atoms with van der Waals surface area (Å²) >= 11 is 9.54. The van der Waals surface area contributed by atoms with Gasteiger partial charge in [-0.05, 0) is 48.0 Å². The van der Waals surface area contributed by atoms with Crippen LogP contribution in [0.1, 0.15) is 11.1 Å². The van der Waals surface area contributed by atoms with E-state index < -0.39 is 0 Å². The van der Waals surface area contributed by atoms with Gasteiger partial charge in [-0.15, -0.1) is 0 Å². The zero-order chi connectivity index (χ0) is 16.8. The molecule has 0 aliphatic heterocycles. The summed E-state index contributed by atoms with van der Waals surface area (Å²) in [6, 6.07) is 23.4. The third kappa shape index (κ3) is 4.70. The quantitative estimate of drug-likeness (QED) is 0.452. The van der Waals surface area contributed by atoms with Crippen molar-refractivity contribution in [3.05, 3.63) is 93.4 Å². The minimum atomic E-state index is 0.487. The van der Waals surface area contributed by atoms with Crippen molar-refractivity contribution in [1.82, 2.24) is 0 Å². The number of benzene rings is 3. The van der Waals surface area contributed by atoms with Gasteiger partial charge in [0.25, 0.3) is 0 Å². The van der Waals surface area contributed by atoms with E-state index in [9.17, 15) is 0 Å². The van der Waals surface area contributed by atoms with Gasteiger partial charge in [-0.1, -0.05) is 57.9 Å². The van der Waals surface area contributed by atoms with Gasteiger partial charge in [0.15, 0.2) is 0 Å². The molecule has 3 rings (SSSR count). The van der Waals surface area contributed by atoms with Crippen LogP contribution in [-0.2, 0) is 6.61 Å². The first-order chi connectivity index (χ1) is 11.7. The maximum atomic E-state index is 6.11. The average molecular weight is 401 g/mol. The van der Waals surface area contributed by atoms with Crippen molar-refractivity contribution < 1.29 is 4.74 Å². The Hall–Kier alpha value is -2.10. The van der Waals surface area contributed by atoms with E-state index in [4.69, 9.17) is 16.3 Å². The van der Waals surface area contributed by atoms with Gasteiger partial charge in [-0.25, -0.2) is 0 Å². The number of nitrogens with zero attached hydrogens (tertiary/aromatic N) is 1. The van der Waals surface area contributed by atoms with Gasteiger partial charge in [-0.2, -0.15) is 0 Å². The van der Waals surface area contributed by atoms with E-state index in [0.29, 0.717) is 11.6 Å². The van der Waals surface area contributed by atoms with Crippen molar-refractivity contribution in [1.29, 1.82) is 0 Å². The van der Waals surface area contributed by atoms with E-state index in [1.165, 1.54) is 0 Å². The minimum Gasteiger partial charge on any atom is -0.488 e. The molecule has 3 aromatic carbocycles. The maximum absolute atomic E-state index is 6.11. The Kier molecular flexibility index (Phi) is 5.68. The zero-order valence-corrected chi connectivity index (χ0v) is 15.2. The van der Waals surface area contributed by atoms with Crippen molar-refractivity contribution in [3.8, 4) is 5.75 Å². The van der Waals surface area contributed by atoms with E-state index in [1.807, 2.05) is 72.8 Å². The van der Waals surface area contributed by atoms with Crippen molar-refractivity contribution in [2.45, 2.75) is 6.61 Å². The van der Waals surface area contributed by atoms with E-state index in [2.05, 4.69) is 20.9 Å². The van der Waals surface area contributed by atoms with Crippen molar-refractivity contribution in [2.24, 2.45) is 4.99 Å². The number of halogens is 2. The molecule has 0 aromatic heterocycles. The zero-order valence-electron chi connectivity index (χ0n) is 12.8. The summed E-state index contributed by atoms with van der Waals surface area (Å²) in [7, 11) is 0. The highest BCUT2D eigenvalue weighted by Crippen LogP contribution is 2.23.